The molecule has 19 heavy (non-hydrogen) atoms. The summed E-state index contributed by atoms with van der Waals surface area (Å²) in [5.41, 5.74) is 1.58. The van der Waals surface area contributed by atoms with Crippen LogP contribution in [0.1, 0.15) is 91.9 Å². The highest BCUT2D eigenvalue weighted by Gasteiger charge is 1.94. The van der Waals surface area contributed by atoms with Crippen LogP contribution in [0, 0.1) is 0 Å². The number of hydrogen-bond acceptors (Lipinski definition) is 1. The van der Waals surface area contributed by atoms with Gasteiger partial charge in [0.05, 0.1) is 0 Å². The summed E-state index contributed by atoms with van der Waals surface area (Å²) in [5, 5.41) is 3.46. The quantitative estimate of drug-likeness (QED) is 0.326. The lowest BCUT2D eigenvalue weighted by Gasteiger charge is -2.06. The SMILES string of the molecule is CCCCCCCCCCC(C)=CCCNC(C)C. The van der Waals surface area contributed by atoms with Crippen LogP contribution in [-0.4, -0.2) is 12.6 Å². The summed E-state index contributed by atoms with van der Waals surface area (Å²) in [6.07, 6.45) is 16.3. The highest BCUT2D eigenvalue weighted by Crippen LogP contribution is 2.12. The van der Waals surface area contributed by atoms with E-state index in [4.69, 9.17) is 0 Å². The Morgan fingerprint density at radius 2 is 1.53 bits per heavy atom. The van der Waals surface area contributed by atoms with Gasteiger partial charge in [0, 0.05) is 6.04 Å². The van der Waals surface area contributed by atoms with E-state index < -0.39 is 0 Å². The van der Waals surface area contributed by atoms with Crippen LogP contribution in [0.25, 0.3) is 0 Å². The van der Waals surface area contributed by atoms with Crippen molar-refractivity contribution in [3.05, 3.63) is 11.6 Å². The number of rotatable bonds is 13. The third kappa shape index (κ3) is 15.6. The summed E-state index contributed by atoms with van der Waals surface area (Å²) in [6.45, 7) is 10.1. The fourth-order valence-corrected chi connectivity index (χ4v) is 2.33. The van der Waals surface area contributed by atoms with Crippen molar-refractivity contribution in [1.82, 2.24) is 5.32 Å². The third-order valence-electron chi connectivity index (χ3n) is 3.61. The summed E-state index contributed by atoms with van der Waals surface area (Å²) in [5.74, 6) is 0. The van der Waals surface area contributed by atoms with Crippen molar-refractivity contribution in [3.63, 3.8) is 0 Å². The molecular formula is C18H37N. The summed E-state index contributed by atoms with van der Waals surface area (Å²) in [4.78, 5) is 0. The lowest BCUT2D eigenvalue weighted by Crippen LogP contribution is -2.23. The summed E-state index contributed by atoms with van der Waals surface area (Å²) in [6, 6.07) is 0.612. The second-order valence-electron chi connectivity index (χ2n) is 6.17. The molecule has 0 atom stereocenters. The summed E-state index contributed by atoms with van der Waals surface area (Å²) >= 11 is 0. The zero-order valence-electron chi connectivity index (χ0n) is 13.9. The van der Waals surface area contributed by atoms with E-state index in [1.807, 2.05) is 0 Å². The predicted molar refractivity (Wildman–Crippen MR) is 88.7 cm³/mol. The molecule has 0 aromatic carbocycles. The van der Waals surface area contributed by atoms with E-state index in [-0.39, 0.29) is 0 Å². The first-order chi connectivity index (χ1) is 9.16. The minimum Gasteiger partial charge on any atom is -0.314 e. The van der Waals surface area contributed by atoms with Crippen LogP contribution >= 0.6 is 0 Å². The fourth-order valence-electron chi connectivity index (χ4n) is 2.33. The van der Waals surface area contributed by atoms with E-state index in [1.54, 1.807) is 5.57 Å². The zero-order valence-corrected chi connectivity index (χ0v) is 13.9. The highest BCUT2D eigenvalue weighted by atomic mass is 14.9. The molecule has 0 bridgehead atoms. The van der Waals surface area contributed by atoms with E-state index >= 15 is 0 Å². The van der Waals surface area contributed by atoms with Crippen LogP contribution in [0.2, 0.25) is 0 Å². The molecule has 0 aliphatic rings. The monoisotopic (exact) mass is 267 g/mol. The van der Waals surface area contributed by atoms with Gasteiger partial charge in [-0.25, -0.2) is 0 Å². The Kier molecular flexibility index (Phi) is 13.9. The normalized spacial score (nSPS) is 12.4. The molecule has 0 aliphatic heterocycles. The molecule has 0 aromatic rings. The van der Waals surface area contributed by atoms with Crippen molar-refractivity contribution >= 4 is 0 Å². The minimum atomic E-state index is 0.612. The number of hydrogen-bond donors (Lipinski definition) is 1. The number of nitrogens with one attached hydrogen (secondary N) is 1. The van der Waals surface area contributed by atoms with Crippen LogP contribution in [-0.2, 0) is 0 Å². The molecule has 0 rings (SSSR count). The number of unbranched alkanes of at least 4 members (excludes halogenated alkanes) is 7. The van der Waals surface area contributed by atoms with E-state index in [0.717, 1.165) is 6.54 Å². The van der Waals surface area contributed by atoms with Gasteiger partial charge < -0.3 is 5.32 Å². The Morgan fingerprint density at radius 3 is 2.11 bits per heavy atom. The van der Waals surface area contributed by atoms with E-state index in [9.17, 15) is 0 Å². The molecule has 1 N–H and O–H groups in total. The second-order valence-corrected chi connectivity index (χ2v) is 6.17. The molecular weight excluding hydrogens is 230 g/mol. The Balaban J connectivity index is 3.28. The first-order valence-electron chi connectivity index (χ1n) is 8.55. The maximum atomic E-state index is 3.46. The van der Waals surface area contributed by atoms with Crippen molar-refractivity contribution in [3.8, 4) is 0 Å². The molecule has 0 amide bonds. The third-order valence-corrected chi connectivity index (χ3v) is 3.61. The number of allylic oxidation sites excluding steroid dienone is 1. The summed E-state index contributed by atoms with van der Waals surface area (Å²) in [7, 11) is 0. The molecule has 1 heteroatoms. The average molecular weight is 268 g/mol. The largest absolute Gasteiger partial charge is 0.314 e. The molecule has 0 radical (unpaired) electrons. The maximum Gasteiger partial charge on any atom is 0.00105 e. The average Bonchev–Trinajstić information content (AvgIpc) is 2.37. The van der Waals surface area contributed by atoms with Gasteiger partial charge in [0.15, 0.2) is 0 Å². The molecule has 0 aliphatic carbocycles. The van der Waals surface area contributed by atoms with Gasteiger partial charge in [-0.1, -0.05) is 77.4 Å². The van der Waals surface area contributed by atoms with E-state index in [1.165, 1.54) is 64.2 Å². The molecule has 0 fully saturated rings. The van der Waals surface area contributed by atoms with Gasteiger partial charge >= 0.3 is 0 Å². The topological polar surface area (TPSA) is 12.0 Å². The molecule has 1 nitrogen and oxygen atoms in total. The van der Waals surface area contributed by atoms with Crippen LogP contribution in [0.15, 0.2) is 11.6 Å². The fraction of sp³-hybridized carbons (Fsp3) is 0.889. The molecule has 0 unspecified atom stereocenters. The smallest absolute Gasteiger partial charge is 0.00105 e. The molecule has 0 aromatic heterocycles. The predicted octanol–water partition coefficient (Wildman–Crippen LogP) is 5.85. The van der Waals surface area contributed by atoms with Gasteiger partial charge in [-0.15, -0.1) is 0 Å². The van der Waals surface area contributed by atoms with Gasteiger partial charge in [-0.2, -0.15) is 0 Å². The Labute approximate surface area is 122 Å². The minimum absolute atomic E-state index is 0.612. The summed E-state index contributed by atoms with van der Waals surface area (Å²) < 4.78 is 0. The lowest BCUT2D eigenvalue weighted by atomic mass is 10.0. The van der Waals surface area contributed by atoms with Crippen LogP contribution in [0.5, 0.6) is 0 Å². The van der Waals surface area contributed by atoms with Gasteiger partial charge in [0.2, 0.25) is 0 Å². The first kappa shape index (κ1) is 18.7. The van der Waals surface area contributed by atoms with Gasteiger partial charge in [0.1, 0.15) is 0 Å². The van der Waals surface area contributed by atoms with Crippen LogP contribution in [0.4, 0.5) is 0 Å². The first-order valence-corrected chi connectivity index (χ1v) is 8.55. The van der Waals surface area contributed by atoms with Crippen LogP contribution < -0.4 is 5.32 Å². The van der Waals surface area contributed by atoms with Crippen LogP contribution in [0.3, 0.4) is 0 Å². The van der Waals surface area contributed by atoms with Gasteiger partial charge in [0.25, 0.3) is 0 Å². The molecule has 0 heterocycles. The molecule has 0 saturated carbocycles. The standard InChI is InChI=1S/C18H37N/c1-5-6-7-8-9-10-11-12-14-18(4)15-13-16-19-17(2)3/h15,17,19H,5-14,16H2,1-4H3. The maximum absolute atomic E-state index is 3.46. The van der Waals surface area contributed by atoms with Crippen molar-refractivity contribution < 1.29 is 0 Å². The Morgan fingerprint density at radius 1 is 0.947 bits per heavy atom. The van der Waals surface area contributed by atoms with Crippen molar-refractivity contribution in [2.45, 2.75) is 97.9 Å². The zero-order chi connectivity index (χ0) is 14.3. The highest BCUT2D eigenvalue weighted by molar-refractivity contribution is 4.97. The molecule has 0 saturated heterocycles. The second kappa shape index (κ2) is 14.1. The molecule has 0 spiro atoms. The van der Waals surface area contributed by atoms with Crippen molar-refractivity contribution in [1.29, 1.82) is 0 Å². The van der Waals surface area contributed by atoms with Crippen molar-refractivity contribution in [2.75, 3.05) is 6.54 Å². The van der Waals surface area contributed by atoms with E-state index in [2.05, 4.69) is 39.1 Å². The Hall–Kier alpha value is -0.300. The molecule has 114 valence electrons. The van der Waals surface area contributed by atoms with Gasteiger partial charge in [-0.3, -0.25) is 0 Å². The Bertz CT molecular complexity index is 206. The lowest BCUT2D eigenvalue weighted by molar-refractivity contribution is 0.573. The van der Waals surface area contributed by atoms with Crippen molar-refractivity contribution in [2.24, 2.45) is 0 Å². The van der Waals surface area contributed by atoms with Gasteiger partial charge in [-0.05, 0) is 32.7 Å². The van der Waals surface area contributed by atoms with E-state index in [0.29, 0.717) is 6.04 Å².